The predicted molar refractivity (Wildman–Crippen MR) is 198 cm³/mol. The van der Waals surface area contributed by atoms with Crippen LogP contribution in [0.4, 0.5) is 27.6 Å². The topological polar surface area (TPSA) is 56.3 Å². The van der Waals surface area contributed by atoms with E-state index in [9.17, 15) is 25.4 Å². The van der Waals surface area contributed by atoms with Gasteiger partial charge >= 0.3 is 6.18 Å². The van der Waals surface area contributed by atoms with Gasteiger partial charge in [-0.15, -0.1) is 11.8 Å². The van der Waals surface area contributed by atoms with E-state index in [-0.39, 0.29) is 22.2 Å². The van der Waals surface area contributed by atoms with Gasteiger partial charge < -0.3 is 24.5 Å². The summed E-state index contributed by atoms with van der Waals surface area (Å²) in [6.45, 7) is -12.0. The summed E-state index contributed by atoms with van der Waals surface area (Å²) < 4.78 is 279. The SMILES string of the molecule is [2H]C1=C(SCc2c([2H])c([2H])c([2H])c(F)c2F)N(C([2H])([2H])C(=O)N(Cc2c([2H])c([2H])c(-c3c([2H])c([2H])c(C(F)(F)F)c([2H])c3[2H])c([2H])c2[2H])C2CCN(C([2H])([2H])C([2H])([2H])OC([2H])([2H])[2H])CC2)c2c([2H])c([2H])c(C)c([2H])c2C1O. The number of thioether (sulfide) groups is 1. The molecule has 2 aliphatic heterocycles. The molecule has 1 amide bonds. The average molecular weight is 776 g/mol. The number of nitrogens with zero attached hydrogens (tertiary/aromatic N) is 3. The van der Waals surface area contributed by atoms with E-state index in [0.717, 1.165) is 4.90 Å². The molecule has 0 bridgehead atoms. The molecule has 280 valence electrons. The summed E-state index contributed by atoms with van der Waals surface area (Å²) in [5, 5.41) is 10.6. The highest BCUT2D eigenvalue weighted by Gasteiger charge is 2.33. The van der Waals surface area contributed by atoms with Crippen molar-refractivity contribution in [1.29, 1.82) is 0 Å². The number of carbonyl (C=O) groups excluding carboxylic acids is 1. The fraction of sp³-hybridized carbons (Fsp3) is 0.341. The number of amides is 1. The highest BCUT2D eigenvalue weighted by atomic mass is 32.2. The van der Waals surface area contributed by atoms with Crippen LogP contribution in [-0.2, 0) is 28.0 Å². The van der Waals surface area contributed by atoms with Crippen LogP contribution in [0.15, 0.2) is 95.7 Å². The van der Waals surface area contributed by atoms with Crippen molar-refractivity contribution in [1.82, 2.24) is 9.80 Å². The molecule has 1 fully saturated rings. The number of carbonyl (C=O) groups is 1. The zero-order chi connectivity index (χ0) is 58.6. The van der Waals surface area contributed by atoms with E-state index in [1.54, 1.807) is 0 Å². The van der Waals surface area contributed by atoms with Gasteiger partial charge in [-0.25, -0.2) is 8.78 Å². The second kappa shape index (κ2) is 16.8. The molecule has 12 heteroatoms. The van der Waals surface area contributed by atoms with Crippen molar-refractivity contribution in [3.8, 4) is 11.1 Å². The first-order chi connectivity index (χ1) is 35.1. The van der Waals surface area contributed by atoms with E-state index >= 15 is 9.18 Å². The fourth-order valence-corrected chi connectivity index (χ4v) is 6.24. The predicted octanol–water partition coefficient (Wildman–Crippen LogP) is 8.73. The van der Waals surface area contributed by atoms with Gasteiger partial charge in [-0.05, 0) is 66.7 Å². The van der Waals surface area contributed by atoms with Crippen molar-refractivity contribution in [3.63, 3.8) is 0 Å². The number of methoxy groups -OCH3 is 1. The molecule has 2 heterocycles. The Morgan fingerprint density at radius 2 is 1.74 bits per heavy atom. The van der Waals surface area contributed by atoms with E-state index in [1.807, 2.05) is 0 Å². The Labute approximate surface area is 344 Å². The normalized spacial score (nSPS) is 24.4. The van der Waals surface area contributed by atoms with Gasteiger partial charge in [-0.2, -0.15) is 13.2 Å². The number of alkyl halides is 3. The number of aliphatic hydroxyl groups excluding tert-OH is 1. The van der Waals surface area contributed by atoms with Crippen LogP contribution in [-0.4, -0.2) is 66.5 Å². The van der Waals surface area contributed by atoms with Gasteiger partial charge in [0, 0.05) is 64.5 Å². The minimum Gasteiger partial charge on any atom is -0.384 e. The van der Waals surface area contributed by atoms with E-state index in [4.69, 9.17) is 30.2 Å². The molecule has 1 N–H and O–H groups in total. The summed E-state index contributed by atoms with van der Waals surface area (Å²) in [4.78, 5) is 17.1. The Hall–Kier alpha value is -4.23. The highest BCUT2D eigenvalue weighted by molar-refractivity contribution is 8.02. The number of rotatable bonds is 12. The van der Waals surface area contributed by atoms with Crippen LogP contribution in [0.2, 0.25) is 0 Å². The zero-order valence-electron chi connectivity index (χ0n) is 51.3. The number of hydrogen-bond donors (Lipinski definition) is 1. The first-order valence-corrected chi connectivity index (χ1v) is 16.5. The molecule has 0 aromatic heterocycles. The minimum absolute atomic E-state index is 0.135. The lowest BCUT2D eigenvalue weighted by molar-refractivity contribution is -0.137. The lowest BCUT2D eigenvalue weighted by atomic mass is 9.99. The van der Waals surface area contributed by atoms with Gasteiger partial charge in [0.2, 0.25) is 5.91 Å². The van der Waals surface area contributed by atoms with Crippen molar-refractivity contribution < 1.29 is 69.5 Å². The number of aliphatic hydroxyl groups is 1. The third-order valence-electron chi connectivity index (χ3n) is 7.89. The van der Waals surface area contributed by atoms with Gasteiger partial charge in [-0.3, -0.25) is 4.79 Å². The number of anilines is 1. The standard InChI is InChI=1S/C41H42F5N3O3S/c1-27-6-15-36-34(22-27)37(50)23-39(53-26-31-4-3-5-35(42)40(31)43)49(36)25-38(51)48(33-16-18-47(19-17-33)20-21-52-2)24-28-7-9-29(10-8-28)30-11-13-32(14-12-30)41(44,45)46/h3-15,22-23,33,37,50H,16-21,24-26H2,1-2H3/i2D3,3D,4D,5D,6D,7D,8D,9D,10D,11D,12D,13D,14D,15D,20D2,21D2,22D,23D,25D2. The summed E-state index contributed by atoms with van der Waals surface area (Å²) in [6, 6.07) is -19.3. The third-order valence-corrected chi connectivity index (χ3v) is 8.90. The van der Waals surface area contributed by atoms with Crippen LogP contribution in [0.3, 0.4) is 0 Å². The van der Waals surface area contributed by atoms with Gasteiger partial charge in [0.1, 0.15) is 12.6 Å². The molecule has 1 saturated heterocycles. The third kappa shape index (κ3) is 9.29. The van der Waals surface area contributed by atoms with E-state index < -0.39 is 235 Å². The molecule has 4 aromatic rings. The summed E-state index contributed by atoms with van der Waals surface area (Å²) in [5.41, 5.74) is -7.82. The summed E-state index contributed by atoms with van der Waals surface area (Å²) in [7, 11) is -3.46. The largest absolute Gasteiger partial charge is 0.416 e. The molecule has 6 nitrogen and oxygen atoms in total. The molecule has 0 aliphatic carbocycles. The van der Waals surface area contributed by atoms with Gasteiger partial charge in [0.15, 0.2) is 11.6 Å². The number of likely N-dealkylation sites (tertiary alicyclic amines) is 1. The molecular weight excluding hydrogens is 710 g/mol. The maximum Gasteiger partial charge on any atom is 0.416 e. The molecule has 0 saturated carbocycles. The number of ether oxygens (including phenoxy) is 1. The van der Waals surface area contributed by atoms with Crippen LogP contribution in [0.25, 0.3) is 11.1 Å². The van der Waals surface area contributed by atoms with Crippen LogP contribution < -0.4 is 4.90 Å². The number of piperidine rings is 1. The summed E-state index contributed by atoms with van der Waals surface area (Å²) >= 11 is 0.135. The fourth-order valence-electron chi connectivity index (χ4n) is 5.29. The molecule has 6 rings (SSSR count). The van der Waals surface area contributed by atoms with Crippen molar-refractivity contribution >= 4 is 23.4 Å². The van der Waals surface area contributed by atoms with Crippen molar-refractivity contribution in [2.75, 3.05) is 44.6 Å². The van der Waals surface area contributed by atoms with E-state index in [0.29, 0.717) is 4.90 Å². The lowest BCUT2D eigenvalue weighted by Gasteiger charge is -2.40. The van der Waals surface area contributed by atoms with Crippen LogP contribution >= 0.6 is 11.8 Å². The number of halogens is 5. The first kappa shape index (κ1) is 18.4. The van der Waals surface area contributed by atoms with Gasteiger partial charge in [-0.1, -0.05) is 66.0 Å². The number of hydrogen-bond acceptors (Lipinski definition) is 6. The van der Waals surface area contributed by atoms with Crippen molar-refractivity contribution in [2.45, 2.75) is 50.4 Å². The Morgan fingerprint density at radius 1 is 1.04 bits per heavy atom. The van der Waals surface area contributed by atoms with E-state index in [2.05, 4.69) is 4.74 Å². The second-order valence-corrected chi connectivity index (χ2v) is 12.4. The second-order valence-electron chi connectivity index (χ2n) is 11.4. The van der Waals surface area contributed by atoms with Crippen LogP contribution in [0.5, 0.6) is 0 Å². The highest BCUT2D eigenvalue weighted by Crippen LogP contribution is 2.41. The molecule has 0 radical (unpaired) electrons. The maximum absolute atomic E-state index is 15.5. The molecule has 4 aromatic carbocycles. The van der Waals surface area contributed by atoms with Crippen LogP contribution in [0.1, 0.15) is 79.7 Å². The van der Waals surface area contributed by atoms with E-state index in [1.165, 1.54) is 6.92 Å². The molecular formula is C41H42F5N3O3S. The lowest BCUT2D eigenvalue weighted by Crippen LogP contribution is -2.50. The quantitative estimate of drug-likeness (QED) is 0.146. The number of benzene rings is 4. The molecule has 1 atom stereocenters. The average Bonchev–Trinajstić information content (AvgIpc) is 3.33. The Morgan fingerprint density at radius 3 is 2.42 bits per heavy atom. The maximum atomic E-state index is 15.5. The summed E-state index contributed by atoms with van der Waals surface area (Å²) in [5.74, 6) is -6.53. The van der Waals surface area contributed by atoms with Crippen LogP contribution in [0, 0.1) is 18.6 Å². The smallest absolute Gasteiger partial charge is 0.384 e. The molecule has 1 unspecified atom stereocenters. The molecule has 0 spiro atoms. The summed E-state index contributed by atoms with van der Waals surface area (Å²) in [6.07, 6.45) is -8.77. The Kier molecular flexibility index (Phi) is 5.85. The zero-order valence-corrected chi connectivity index (χ0v) is 28.1. The Balaban J connectivity index is 1.57. The molecule has 53 heavy (non-hydrogen) atoms. The van der Waals surface area contributed by atoms with Crippen molar-refractivity contribution in [3.05, 3.63) is 135 Å². The van der Waals surface area contributed by atoms with Gasteiger partial charge in [0.25, 0.3) is 0 Å². The Bertz CT molecular complexity index is 3050. The van der Waals surface area contributed by atoms with Crippen molar-refractivity contribution in [2.24, 2.45) is 0 Å². The van der Waals surface area contributed by atoms with Gasteiger partial charge in [0.05, 0.1) is 47.3 Å². The molecule has 2 aliphatic rings. The first-order valence-electron chi connectivity index (χ1n) is 27.5. The minimum atomic E-state index is -5.43. The monoisotopic (exact) mass is 775 g/mol. The number of fused-ring (bicyclic) bond motifs is 1.